The second-order valence-corrected chi connectivity index (χ2v) is 24.4. The second kappa shape index (κ2) is 33.5. The number of nitrogens with one attached hydrogen (secondary N) is 6. The molecule has 0 radical (unpaired) electrons. The third-order valence-corrected chi connectivity index (χ3v) is 12.8. The van der Waals surface area contributed by atoms with Crippen LogP contribution in [0.1, 0.15) is 165 Å². The minimum absolute atomic E-state index is 0.0340. The summed E-state index contributed by atoms with van der Waals surface area (Å²) >= 11 is 0. The van der Waals surface area contributed by atoms with E-state index in [-0.39, 0.29) is 37.0 Å². The molecule has 6 amide bonds. The summed E-state index contributed by atoms with van der Waals surface area (Å²) in [5.74, 6) is -16.4. The fraction of sp³-hybridized carbons (Fsp3) is 0.789. The standard InChI is InChI=1S/C57H96N6O18/c1-25(2)22-37-46(64)58-34(19)52(70)79-44(32(15)16)50(68)62-41(29(9)10)56(74)77-39(24-27(5)6)48(66)60-36(21)54(72)81-45(33(17)18)51(69)63-42(30(11)12)57(75)78-38(23-26(3)4)47(65)59-35(20)53(71)80-43(31(13)14)49(67)61-40(28(7)8)55(73)76-37/h25-45H,22-24H2,1-21H3,(H,58,64)(H,59,65)(H,60,66)(H,61,67)(H,62,68)(H,63,69)/t34-,35-,36-,37-,38-,39-,40+,41+,42+,43+,44+,45+/m1/s1. The molecule has 0 aromatic heterocycles. The molecule has 24 nitrogen and oxygen atoms in total. The zero-order chi connectivity index (χ0) is 62.7. The fourth-order valence-corrected chi connectivity index (χ4v) is 8.00. The Bertz CT molecular complexity index is 1960. The number of rotatable bonds is 12. The molecule has 0 unspecified atom stereocenters. The number of cyclic esters (lactones) is 6. The molecule has 1 heterocycles. The van der Waals surface area contributed by atoms with Gasteiger partial charge in [-0.15, -0.1) is 0 Å². The molecule has 1 fully saturated rings. The van der Waals surface area contributed by atoms with E-state index < -0.39 is 180 Å². The molecule has 81 heavy (non-hydrogen) atoms. The Hall–Kier alpha value is -6.36. The van der Waals surface area contributed by atoms with Crippen LogP contribution in [-0.2, 0) is 86.0 Å². The predicted molar refractivity (Wildman–Crippen MR) is 295 cm³/mol. The molecule has 1 aliphatic rings. The molecule has 0 saturated carbocycles. The van der Waals surface area contributed by atoms with Gasteiger partial charge in [-0.1, -0.05) is 125 Å². The number of hydrogen-bond acceptors (Lipinski definition) is 18. The van der Waals surface area contributed by atoms with Gasteiger partial charge < -0.3 is 60.3 Å². The van der Waals surface area contributed by atoms with E-state index in [9.17, 15) is 57.5 Å². The summed E-state index contributed by atoms with van der Waals surface area (Å²) in [5, 5.41) is 15.2. The number of carbonyl (C=O) groups excluding carboxylic acids is 12. The summed E-state index contributed by atoms with van der Waals surface area (Å²) in [6.45, 7) is 33.4. The lowest BCUT2D eigenvalue weighted by molar-refractivity contribution is -0.167. The molecule has 0 aliphatic carbocycles. The largest absolute Gasteiger partial charge is 0.451 e. The molecule has 6 N–H and O–H groups in total. The van der Waals surface area contributed by atoms with Crippen LogP contribution in [0.25, 0.3) is 0 Å². The topological polar surface area (TPSA) is 332 Å². The van der Waals surface area contributed by atoms with E-state index in [1.54, 1.807) is 125 Å². The minimum atomic E-state index is -1.52. The van der Waals surface area contributed by atoms with Crippen LogP contribution in [0.5, 0.6) is 0 Å². The van der Waals surface area contributed by atoms with Gasteiger partial charge in [-0.3, -0.25) is 28.8 Å². The zero-order valence-electron chi connectivity index (χ0n) is 51.6. The Morgan fingerprint density at radius 2 is 0.469 bits per heavy atom. The Morgan fingerprint density at radius 1 is 0.272 bits per heavy atom. The maximum absolute atomic E-state index is 13.9. The van der Waals surface area contributed by atoms with Crippen molar-refractivity contribution in [2.24, 2.45) is 53.3 Å². The van der Waals surface area contributed by atoms with E-state index in [1.807, 2.05) is 0 Å². The molecule has 1 saturated heterocycles. The maximum atomic E-state index is 13.9. The number of ether oxygens (including phenoxy) is 6. The molecule has 0 aromatic rings. The summed E-state index contributed by atoms with van der Waals surface area (Å²) < 4.78 is 34.1. The maximum Gasteiger partial charge on any atom is 0.329 e. The lowest BCUT2D eigenvalue weighted by Gasteiger charge is -2.30. The van der Waals surface area contributed by atoms with Gasteiger partial charge in [0.25, 0.3) is 35.4 Å². The number of esters is 6. The molecule has 24 heteroatoms. The lowest BCUT2D eigenvalue weighted by atomic mass is 10.0. The zero-order valence-corrected chi connectivity index (χ0v) is 51.6. The predicted octanol–water partition coefficient (Wildman–Crippen LogP) is 3.51. The third kappa shape index (κ3) is 23.9. The molecule has 1 aliphatic heterocycles. The molecule has 1 rings (SSSR count). The van der Waals surface area contributed by atoms with Crippen molar-refractivity contribution in [3.63, 3.8) is 0 Å². The number of carbonyl (C=O) groups is 12. The average Bonchev–Trinajstić information content (AvgIpc) is 3.33. The molecule has 0 bridgehead atoms. The van der Waals surface area contributed by atoms with Gasteiger partial charge in [0, 0.05) is 0 Å². The highest BCUT2D eigenvalue weighted by molar-refractivity contribution is 5.95. The number of amides is 6. The quantitative estimate of drug-likeness (QED) is 0.120. The van der Waals surface area contributed by atoms with Crippen molar-refractivity contribution >= 4 is 71.3 Å². The van der Waals surface area contributed by atoms with Crippen LogP contribution in [0.3, 0.4) is 0 Å². The first-order chi connectivity index (χ1) is 37.3. The normalized spacial score (nSPS) is 28.2. The van der Waals surface area contributed by atoms with E-state index in [2.05, 4.69) is 31.9 Å². The van der Waals surface area contributed by atoms with Crippen molar-refractivity contribution in [1.82, 2.24) is 31.9 Å². The van der Waals surface area contributed by atoms with Gasteiger partial charge in [-0.2, -0.15) is 0 Å². The van der Waals surface area contributed by atoms with Gasteiger partial charge in [-0.05, 0) is 93.3 Å². The van der Waals surface area contributed by atoms with E-state index in [0.29, 0.717) is 0 Å². The van der Waals surface area contributed by atoms with Crippen molar-refractivity contribution in [2.45, 2.75) is 238 Å². The first kappa shape index (κ1) is 72.7. The fourth-order valence-electron chi connectivity index (χ4n) is 8.00. The van der Waals surface area contributed by atoms with Gasteiger partial charge in [0.05, 0.1) is 0 Å². The van der Waals surface area contributed by atoms with Crippen molar-refractivity contribution in [3.05, 3.63) is 0 Å². The van der Waals surface area contributed by atoms with Crippen LogP contribution in [-0.4, -0.2) is 144 Å². The SMILES string of the molecule is CC(C)C[C@H]1OC(=O)[C@H](C(C)C)NC(=O)[C@H](C(C)C)OC(=O)[C@@H](C)NC(=O)[C@@H](CC(C)C)OC(=O)[C@H](C(C)C)NC(=O)[C@H](C(C)C)OC(=O)[C@@H](C)NC(=O)[C@@H](CC(C)C)OC(=O)[C@H](C(C)C)NC(=O)[C@H](C(C)C)OC(=O)[C@@H](C)NC1=O. The minimum Gasteiger partial charge on any atom is -0.451 e. The van der Waals surface area contributed by atoms with E-state index in [1.165, 1.54) is 20.8 Å². The first-order valence-corrected chi connectivity index (χ1v) is 28.4. The first-order valence-electron chi connectivity index (χ1n) is 28.4. The third-order valence-electron chi connectivity index (χ3n) is 12.8. The van der Waals surface area contributed by atoms with Crippen LogP contribution in [0.2, 0.25) is 0 Å². The van der Waals surface area contributed by atoms with Gasteiger partial charge in [0.15, 0.2) is 36.6 Å². The van der Waals surface area contributed by atoms with E-state index in [4.69, 9.17) is 28.4 Å². The van der Waals surface area contributed by atoms with Crippen molar-refractivity contribution < 1.29 is 86.0 Å². The molecule has 0 spiro atoms. The molecular weight excluding hydrogens is 1060 g/mol. The Balaban J connectivity index is 3.93. The van der Waals surface area contributed by atoms with Crippen LogP contribution >= 0.6 is 0 Å². The van der Waals surface area contributed by atoms with Crippen LogP contribution in [0, 0.1) is 53.3 Å². The van der Waals surface area contributed by atoms with Crippen molar-refractivity contribution in [1.29, 1.82) is 0 Å². The highest BCUT2D eigenvalue weighted by Gasteiger charge is 2.41. The molecule has 0 aromatic carbocycles. The van der Waals surface area contributed by atoms with E-state index >= 15 is 0 Å². The summed E-state index contributed by atoms with van der Waals surface area (Å²) in [4.78, 5) is 166. The van der Waals surface area contributed by atoms with Crippen LogP contribution in [0.4, 0.5) is 0 Å². The highest BCUT2D eigenvalue weighted by atomic mass is 16.6. The average molecular weight is 1150 g/mol. The Labute approximate surface area is 478 Å². The van der Waals surface area contributed by atoms with Crippen LogP contribution < -0.4 is 31.9 Å². The Kier molecular flexibility index (Phi) is 30.1. The van der Waals surface area contributed by atoms with E-state index in [0.717, 1.165) is 0 Å². The summed E-state index contributed by atoms with van der Waals surface area (Å²) in [7, 11) is 0. The summed E-state index contributed by atoms with van der Waals surface area (Å²) in [5.41, 5.74) is 0. The van der Waals surface area contributed by atoms with Gasteiger partial charge in [0.1, 0.15) is 36.3 Å². The monoisotopic (exact) mass is 1150 g/mol. The van der Waals surface area contributed by atoms with Crippen molar-refractivity contribution in [2.75, 3.05) is 0 Å². The summed E-state index contributed by atoms with van der Waals surface area (Å²) in [6.07, 6.45) is -9.18. The molecule has 462 valence electrons. The van der Waals surface area contributed by atoms with Crippen LogP contribution in [0.15, 0.2) is 0 Å². The lowest BCUT2D eigenvalue weighted by Crippen LogP contribution is -2.55. The summed E-state index contributed by atoms with van der Waals surface area (Å²) in [6, 6.07) is -8.46. The smallest absolute Gasteiger partial charge is 0.329 e. The van der Waals surface area contributed by atoms with Gasteiger partial charge in [-0.25, -0.2) is 28.8 Å². The van der Waals surface area contributed by atoms with Gasteiger partial charge in [0.2, 0.25) is 0 Å². The van der Waals surface area contributed by atoms with Gasteiger partial charge >= 0.3 is 35.8 Å². The molecule has 12 atom stereocenters. The highest BCUT2D eigenvalue weighted by Crippen LogP contribution is 2.20. The second-order valence-electron chi connectivity index (χ2n) is 24.4. The Morgan fingerprint density at radius 3 is 0.630 bits per heavy atom. The molecular formula is C57H96N6O18. The van der Waals surface area contributed by atoms with Crippen molar-refractivity contribution in [3.8, 4) is 0 Å². The number of hydrogen-bond donors (Lipinski definition) is 6.